The van der Waals surface area contributed by atoms with Crippen molar-refractivity contribution in [3.63, 3.8) is 0 Å². The van der Waals surface area contributed by atoms with E-state index in [0.717, 1.165) is 27.0 Å². The van der Waals surface area contributed by atoms with Crippen LogP contribution in [-0.2, 0) is 6.54 Å². The molecule has 0 unspecified atom stereocenters. The molecule has 6 heteroatoms. The molecule has 30 heavy (non-hydrogen) atoms. The van der Waals surface area contributed by atoms with Crippen LogP contribution in [0.3, 0.4) is 0 Å². The Morgan fingerprint density at radius 1 is 1.17 bits per heavy atom. The Morgan fingerprint density at radius 2 is 1.97 bits per heavy atom. The lowest BCUT2D eigenvalue weighted by Gasteiger charge is -2.40. The number of nitrogens with zero attached hydrogens (tertiary/aromatic N) is 3. The average molecular weight is 422 g/mol. The summed E-state index contributed by atoms with van der Waals surface area (Å²) >= 11 is 1.66. The maximum Gasteiger partial charge on any atom is 0.270 e. The molecule has 3 aromatic rings. The fraction of sp³-hybridized carbons (Fsp3) is 0.333. The number of hydrogen-bond acceptors (Lipinski definition) is 3. The van der Waals surface area contributed by atoms with Crippen molar-refractivity contribution >= 4 is 33.4 Å². The summed E-state index contributed by atoms with van der Waals surface area (Å²) in [6, 6.07) is 11.7. The molecule has 3 heterocycles. The van der Waals surface area contributed by atoms with Crippen molar-refractivity contribution in [1.82, 2.24) is 14.4 Å². The number of benzene rings is 1. The SMILES string of the molecule is C/C=C\Cn1c(C(=O)N2CCN(C(=O)c3ccccc3C)[C@@H](C)C2)cc2ccsc21. The van der Waals surface area contributed by atoms with E-state index in [1.54, 1.807) is 11.3 Å². The molecule has 0 saturated carbocycles. The Balaban J connectivity index is 1.53. The van der Waals surface area contributed by atoms with Crippen LogP contribution >= 0.6 is 11.3 Å². The van der Waals surface area contributed by atoms with Crippen LogP contribution in [0.25, 0.3) is 10.2 Å². The van der Waals surface area contributed by atoms with E-state index >= 15 is 0 Å². The van der Waals surface area contributed by atoms with Gasteiger partial charge in [0.15, 0.2) is 0 Å². The predicted molar refractivity (Wildman–Crippen MR) is 122 cm³/mol. The Morgan fingerprint density at radius 3 is 2.70 bits per heavy atom. The van der Waals surface area contributed by atoms with Gasteiger partial charge in [0.05, 0.1) is 0 Å². The lowest BCUT2D eigenvalue weighted by Crippen LogP contribution is -2.55. The monoisotopic (exact) mass is 421 g/mol. The highest BCUT2D eigenvalue weighted by Crippen LogP contribution is 2.27. The third kappa shape index (κ3) is 3.67. The number of carbonyl (C=O) groups is 2. The van der Waals surface area contributed by atoms with Gasteiger partial charge in [-0.2, -0.15) is 0 Å². The fourth-order valence-corrected chi connectivity index (χ4v) is 5.02. The molecule has 0 radical (unpaired) electrons. The largest absolute Gasteiger partial charge is 0.334 e. The minimum atomic E-state index is -0.0325. The fourth-order valence-electron chi connectivity index (χ4n) is 4.12. The zero-order chi connectivity index (χ0) is 21.3. The maximum absolute atomic E-state index is 13.4. The number of hydrogen-bond donors (Lipinski definition) is 0. The van der Waals surface area contributed by atoms with Crippen molar-refractivity contribution < 1.29 is 9.59 Å². The van der Waals surface area contributed by atoms with Crippen molar-refractivity contribution in [2.24, 2.45) is 0 Å². The van der Waals surface area contributed by atoms with Gasteiger partial charge in [-0.05, 0) is 49.9 Å². The predicted octanol–water partition coefficient (Wildman–Crippen LogP) is 4.57. The van der Waals surface area contributed by atoms with Crippen molar-refractivity contribution in [2.45, 2.75) is 33.4 Å². The molecule has 156 valence electrons. The van der Waals surface area contributed by atoms with E-state index in [1.165, 1.54) is 0 Å². The van der Waals surface area contributed by atoms with Crippen LogP contribution in [0.4, 0.5) is 0 Å². The number of aryl methyl sites for hydroxylation is 1. The number of amides is 2. The van der Waals surface area contributed by atoms with Gasteiger partial charge in [-0.15, -0.1) is 11.3 Å². The van der Waals surface area contributed by atoms with Crippen LogP contribution in [0.5, 0.6) is 0 Å². The molecule has 0 spiro atoms. The molecule has 0 N–H and O–H groups in total. The maximum atomic E-state index is 13.4. The molecule has 1 aromatic carbocycles. The first-order chi connectivity index (χ1) is 14.5. The van der Waals surface area contributed by atoms with Gasteiger partial charge < -0.3 is 14.4 Å². The molecule has 0 aliphatic carbocycles. The smallest absolute Gasteiger partial charge is 0.270 e. The number of fused-ring (bicyclic) bond motifs is 1. The first kappa shape index (κ1) is 20.4. The number of rotatable bonds is 4. The molecule has 1 atom stereocenters. The topological polar surface area (TPSA) is 45.6 Å². The second-order valence-electron chi connectivity index (χ2n) is 7.80. The van der Waals surface area contributed by atoms with Gasteiger partial charge in [0.1, 0.15) is 10.5 Å². The van der Waals surface area contributed by atoms with Gasteiger partial charge in [0, 0.05) is 43.2 Å². The number of carbonyl (C=O) groups excluding carboxylic acids is 2. The van der Waals surface area contributed by atoms with Gasteiger partial charge in [-0.1, -0.05) is 30.4 Å². The molecular formula is C24H27N3O2S. The van der Waals surface area contributed by atoms with E-state index in [1.807, 2.05) is 67.0 Å². The van der Waals surface area contributed by atoms with E-state index in [0.29, 0.717) is 26.2 Å². The van der Waals surface area contributed by atoms with Crippen LogP contribution in [0.2, 0.25) is 0 Å². The highest BCUT2D eigenvalue weighted by atomic mass is 32.1. The van der Waals surface area contributed by atoms with Gasteiger partial charge in [-0.3, -0.25) is 9.59 Å². The second-order valence-corrected chi connectivity index (χ2v) is 8.70. The van der Waals surface area contributed by atoms with E-state index in [2.05, 4.69) is 22.1 Å². The van der Waals surface area contributed by atoms with Crippen LogP contribution < -0.4 is 0 Å². The van der Waals surface area contributed by atoms with Crippen LogP contribution in [0.1, 0.15) is 40.3 Å². The minimum absolute atomic E-state index is 0.0325. The van der Waals surface area contributed by atoms with Gasteiger partial charge in [0.25, 0.3) is 11.8 Å². The molecule has 5 nitrogen and oxygen atoms in total. The summed E-state index contributed by atoms with van der Waals surface area (Å²) in [6.45, 7) is 8.29. The van der Waals surface area contributed by atoms with Crippen LogP contribution in [0.15, 0.2) is 53.9 Å². The van der Waals surface area contributed by atoms with Crippen molar-refractivity contribution in [1.29, 1.82) is 0 Å². The first-order valence-electron chi connectivity index (χ1n) is 10.3. The van der Waals surface area contributed by atoms with Crippen LogP contribution in [0, 0.1) is 6.92 Å². The molecule has 2 aromatic heterocycles. The molecule has 4 rings (SSSR count). The number of allylic oxidation sites excluding steroid dienone is 2. The lowest BCUT2D eigenvalue weighted by atomic mass is 10.1. The van der Waals surface area contributed by atoms with Crippen LogP contribution in [-0.4, -0.2) is 51.9 Å². The summed E-state index contributed by atoms with van der Waals surface area (Å²) in [7, 11) is 0. The minimum Gasteiger partial charge on any atom is -0.334 e. The van der Waals surface area contributed by atoms with Crippen molar-refractivity contribution in [3.05, 3.63) is 70.8 Å². The molecule has 1 saturated heterocycles. The van der Waals surface area contributed by atoms with Gasteiger partial charge >= 0.3 is 0 Å². The second kappa shape index (κ2) is 8.48. The van der Waals surface area contributed by atoms with Crippen molar-refractivity contribution in [3.8, 4) is 0 Å². The molecule has 2 amide bonds. The summed E-state index contributed by atoms with van der Waals surface area (Å²) in [5.41, 5.74) is 2.44. The molecule has 1 aliphatic heterocycles. The summed E-state index contributed by atoms with van der Waals surface area (Å²) in [5.74, 6) is 0.0856. The highest BCUT2D eigenvalue weighted by Gasteiger charge is 2.32. The summed E-state index contributed by atoms with van der Waals surface area (Å²) in [6.07, 6.45) is 4.07. The van der Waals surface area contributed by atoms with E-state index in [4.69, 9.17) is 0 Å². The zero-order valence-corrected chi connectivity index (χ0v) is 18.5. The van der Waals surface area contributed by atoms with Gasteiger partial charge in [-0.25, -0.2) is 0 Å². The average Bonchev–Trinajstić information content (AvgIpc) is 3.33. The number of aromatic nitrogens is 1. The molecule has 0 bridgehead atoms. The van der Waals surface area contributed by atoms with E-state index in [9.17, 15) is 9.59 Å². The molecular weight excluding hydrogens is 394 g/mol. The first-order valence-corrected chi connectivity index (χ1v) is 11.2. The Kier molecular flexibility index (Phi) is 5.77. The quantitative estimate of drug-likeness (QED) is 0.579. The Labute approximate surface area is 181 Å². The standard InChI is InChI=1S/C24H27N3O2S/c1-4-5-11-27-21(15-19-10-14-30-24(19)27)23(29)25-12-13-26(18(3)16-25)22(28)20-9-7-6-8-17(20)2/h4-10,14-15,18H,11-13,16H2,1-3H3/b5-4-/t18-/m0/s1. The normalized spacial score (nSPS) is 17.2. The Bertz CT molecular complexity index is 1110. The third-order valence-electron chi connectivity index (χ3n) is 5.80. The Hall–Kier alpha value is -2.86. The number of piperazine rings is 1. The lowest BCUT2D eigenvalue weighted by molar-refractivity contribution is 0.0409. The summed E-state index contributed by atoms with van der Waals surface area (Å²) < 4.78 is 2.10. The molecule has 1 fully saturated rings. The van der Waals surface area contributed by atoms with Gasteiger partial charge in [0.2, 0.25) is 0 Å². The highest BCUT2D eigenvalue weighted by molar-refractivity contribution is 7.16. The van der Waals surface area contributed by atoms with E-state index in [-0.39, 0.29) is 17.9 Å². The number of thiophene rings is 1. The third-order valence-corrected chi connectivity index (χ3v) is 6.75. The zero-order valence-electron chi connectivity index (χ0n) is 17.7. The summed E-state index contributed by atoms with van der Waals surface area (Å²) in [5, 5.41) is 3.16. The van der Waals surface area contributed by atoms with E-state index < -0.39 is 0 Å². The van der Waals surface area contributed by atoms with Crippen molar-refractivity contribution in [2.75, 3.05) is 19.6 Å². The summed E-state index contributed by atoms with van der Waals surface area (Å²) in [4.78, 5) is 31.3. The molecule has 1 aliphatic rings.